The molecule has 0 spiro atoms. The van der Waals surface area contributed by atoms with Gasteiger partial charge in [0.25, 0.3) is 0 Å². The highest BCUT2D eigenvalue weighted by molar-refractivity contribution is 7.10. The Bertz CT molecular complexity index is 778. The maximum atomic E-state index is 12.1. The standard InChI is InChI=1S/C18H20N4O3S/c1-2-17-21-16(11-26-17)22-18(24)20-14(10-23)12-3-5-13(6-4-12)15-9-19-7-8-25-15/h1,3-6,11,14-15,19,23H,7-10H2,(H2,20,22,24). The first-order valence-corrected chi connectivity index (χ1v) is 9.10. The van der Waals surface area contributed by atoms with Gasteiger partial charge in [-0.2, -0.15) is 0 Å². The zero-order chi connectivity index (χ0) is 18.4. The van der Waals surface area contributed by atoms with E-state index in [1.54, 1.807) is 5.38 Å². The van der Waals surface area contributed by atoms with E-state index in [2.05, 4.69) is 26.9 Å². The number of aromatic nitrogens is 1. The van der Waals surface area contributed by atoms with Crippen LogP contribution in [0.5, 0.6) is 0 Å². The van der Waals surface area contributed by atoms with E-state index < -0.39 is 12.1 Å². The minimum absolute atomic E-state index is 0.0247. The fraction of sp³-hybridized carbons (Fsp3) is 0.333. The van der Waals surface area contributed by atoms with E-state index in [0.717, 1.165) is 24.2 Å². The number of hydrogen-bond acceptors (Lipinski definition) is 6. The number of nitrogens with zero attached hydrogens (tertiary/aromatic N) is 1. The second kappa shape index (κ2) is 8.78. The minimum atomic E-state index is -0.528. The number of rotatable bonds is 5. The maximum absolute atomic E-state index is 12.1. The molecule has 1 saturated heterocycles. The van der Waals surface area contributed by atoms with Crippen LogP contribution in [-0.2, 0) is 4.74 Å². The number of carbonyl (C=O) groups excluding carboxylic acids is 1. The minimum Gasteiger partial charge on any atom is -0.394 e. The van der Waals surface area contributed by atoms with Crippen LogP contribution in [0, 0.1) is 12.3 Å². The fourth-order valence-corrected chi connectivity index (χ4v) is 3.22. The molecule has 2 aromatic rings. The lowest BCUT2D eigenvalue weighted by Gasteiger charge is -2.24. The van der Waals surface area contributed by atoms with Crippen LogP contribution >= 0.6 is 11.3 Å². The summed E-state index contributed by atoms with van der Waals surface area (Å²) in [6.45, 7) is 2.10. The Labute approximate surface area is 155 Å². The van der Waals surface area contributed by atoms with Gasteiger partial charge in [0.1, 0.15) is 5.82 Å². The highest BCUT2D eigenvalue weighted by atomic mass is 32.1. The van der Waals surface area contributed by atoms with Gasteiger partial charge in [0, 0.05) is 18.5 Å². The second-order valence-electron chi connectivity index (χ2n) is 5.75. The van der Waals surface area contributed by atoms with Gasteiger partial charge in [0.05, 0.1) is 25.4 Å². The van der Waals surface area contributed by atoms with Crippen molar-refractivity contribution >= 4 is 23.2 Å². The molecule has 3 rings (SSSR count). The van der Waals surface area contributed by atoms with Crippen molar-refractivity contribution < 1.29 is 14.6 Å². The fourth-order valence-electron chi connectivity index (χ4n) is 2.66. The monoisotopic (exact) mass is 372 g/mol. The molecule has 8 heteroatoms. The van der Waals surface area contributed by atoms with E-state index in [1.807, 2.05) is 24.3 Å². The molecule has 1 aromatic carbocycles. The summed E-state index contributed by atoms with van der Waals surface area (Å²) in [5.74, 6) is 2.80. The number of urea groups is 1. The summed E-state index contributed by atoms with van der Waals surface area (Å²) in [5, 5.41) is 20.4. The van der Waals surface area contributed by atoms with Crippen molar-refractivity contribution in [2.75, 3.05) is 31.6 Å². The van der Waals surface area contributed by atoms with Gasteiger partial charge in [0.2, 0.25) is 0 Å². The predicted octanol–water partition coefficient (Wildman–Crippen LogP) is 1.64. The molecule has 2 atom stereocenters. The number of morpholine rings is 1. The number of nitrogens with one attached hydrogen (secondary N) is 3. The molecule has 1 aliphatic rings. The summed E-state index contributed by atoms with van der Waals surface area (Å²) in [4.78, 5) is 16.2. The molecule has 1 fully saturated rings. The second-order valence-corrected chi connectivity index (χ2v) is 6.60. The number of aliphatic hydroxyl groups excluding tert-OH is 1. The molecule has 0 radical (unpaired) electrons. The lowest BCUT2D eigenvalue weighted by Crippen LogP contribution is -2.34. The van der Waals surface area contributed by atoms with E-state index >= 15 is 0 Å². The Morgan fingerprint density at radius 3 is 2.92 bits per heavy atom. The third-order valence-corrected chi connectivity index (χ3v) is 4.77. The first-order chi connectivity index (χ1) is 12.7. The number of thiazole rings is 1. The van der Waals surface area contributed by atoms with Crippen molar-refractivity contribution in [1.82, 2.24) is 15.6 Å². The van der Waals surface area contributed by atoms with Crippen LogP contribution in [0.25, 0.3) is 0 Å². The number of aliphatic hydroxyl groups is 1. The van der Waals surface area contributed by atoms with Crippen LogP contribution < -0.4 is 16.0 Å². The van der Waals surface area contributed by atoms with Gasteiger partial charge < -0.3 is 20.5 Å². The summed E-state index contributed by atoms with van der Waals surface area (Å²) in [6.07, 6.45) is 5.29. The molecule has 4 N–H and O–H groups in total. The molecule has 1 aromatic heterocycles. The summed E-state index contributed by atoms with van der Waals surface area (Å²) in [5.41, 5.74) is 1.86. The average molecular weight is 372 g/mol. The third-order valence-electron chi connectivity index (χ3n) is 4.00. The van der Waals surface area contributed by atoms with Crippen LogP contribution in [0.2, 0.25) is 0 Å². The highest BCUT2D eigenvalue weighted by Crippen LogP contribution is 2.21. The van der Waals surface area contributed by atoms with Crippen LogP contribution in [0.1, 0.15) is 28.3 Å². The molecular weight excluding hydrogens is 352 g/mol. The number of ether oxygens (including phenoxy) is 1. The average Bonchev–Trinajstić information content (AvgIpc) is 3.14. The molecule has 0 saturated carbocycles. The largest absolute Gasteiger partial charge is 0.394 e. The van der Waals surface area contributed by atoms with Gasteiger partial charge in [-0.3, -0.25) is 5.32 Å². The molecular formula is C18H20N4O3S. The number of benzene rings is 1. The van der Waals surface area contributed by atoms with Crippen molar-refractivity contribution in [3.8, 4) is 12.3 Å². The number of carbonyl (C=O) groups is 1. The molecule has 0 aliphatic carbocycles. The molecule has 0 bridgehead atoms. The van der Waals surface area contributed by atoms with Gasteiger partial charge in [0.15, 0.2) is 5.01 Å². The molecule has 136 valence electrons. The zero-order valence-electron chi connectivity index (χ0n) is 14.1. The number of anilines is 1. The van der Waals surface area contributed by atoms with Crippen molar-refractivity contribution in [1.29, 1.82) is 0 Å². The first-order valence-electron chi connectivity index (χ1n) is 8.22. The lowest BCUT2D eigenvalue weighted by atomic mass is 10.0. The van der Waals surface area contributed by atoms with Crippen LogP contribution in [-0.4, -0.2) is 42.4 Å². The van der Waals surface area contributed by atoms with E-state index in [-0.39, 0.29) is 12.7 Å². The summed E-state index contributed by atoms with van der Waals surface area (Å²) in [6, 6.07) is 6.69. The Hall–Kier alpha value is -2.44. The smallest absolute Gasteiger partial charge is 0.320 e. The normalized spacial score (nSPS) is 17.9. The van der Waals surface area contributed by atoms with Gasteiger partial charge in [-0.25, -0.2) is 9.78 Å². The molecule has 7 nitrogen and oxygen atoms in total. The Kier molecular flexibility index (Phi) is 6.20. The summed E-state index contributed by atoms with van der Waals surface area (Å²) in [7, 11) is 0. The van der Waals surface area contributed by atoms with Crippen molar-refractivity contribution in [3.05, 3.63) is 45.8 Å². The molecule has 1 aliphatic heterocycles. The molecule has 2 unspecified atom stereocenters. The van der Waals surface area contributed by atoms with Crippen molar-refractivity contribution in [2.24, 2.45) is 0 Å². The molecule has 2 heterocycles. The third kappa shape index (κ3) is 4.59. The zero-order valence-corrected chi connectivity index (χ0v) is 14.9. The van der Waals surface area contributed by atoms with Crippen molar-refractivity contribution in [3.63, 3.8) is 0 Å². The molecule has 26 heavy (non-hydrogen) atoms. The first kappa shape index (κ1) is 18.4. The predicted molar refractivity (Wildman–Crippen MR) is 100 cm³/mol. The summed E-state index contributed by atoms with van der Waals surface area (Å²) >= 11 is 1.27. The van der Waals surface area contributed by atoms with E-state index in [9.17, 15) is 9.90 Å². The van der Waals surface area contributed by atoms with Gasteiger partial charge >= 0.3 is 6.03 Å². The number of hydrogen-bond donors (Lipinski definition) is 4. The van der Waals surface area contributed by atoms with E-state index in [4.69, 9.17) is 11.2 Å². The summed E-state index contributed by atoms with van der Waals surface area (Å²) < 4.78 is 5.72. The van der Waals surface area contributed by atoms with Crippen LogP contribution in [0.15, 0.2) is 29.6 Å². The quantitative estimate of drug-likeness (QED) is 0.599. The van der Waals surface area contributed by atoms with Gasteiger partial charge in [-0.1, -0.05) is 24.3 Å². The van der Waals surface area contributed by atoms with Crippen LogP contribution in [0.3, 0.4) is 0 Å². The Balaban J connectivity index is 1.60. The number of terminal acetylenes is 1. The van der Waals surface area contributed by atoms with Crippen LogP contribution in [0.4, 0.5) is 10.6 Å². The van der Waals surface area contributed by atoms with Gasteiger partial charge in [-0.15, -0.1) is 17.8 Å². The maximum Gasteiger partial charge on any atom is 0.320 e. The highest BCUT2D eigenvalue weighted by Gasteiger charge is 2.18. The van der Waals surface area contributed by atoms with E-state index in [0.29, 0.717) is 17.4 Å². The number of amides is 2. The van der Waals surface area contributed by atoms with Gasteiger partial charge in [-0.05, 0) is 17.0 Å². The Morgan fingerprint density at radius 1 is 1.50 bits per heavy atom. The topological polar surface area (TPSA) is 95.5 Å². The van der Waals surface area contributed by atoms with Crippen molar-refractivity contribution in [2.45, 2.75) is 12.1 Å². The molecule has 2 amide bonds. The lowest BCUT2D eigenvalue weighted by molar-refractivity contribution is 0.0277. The van der Waals surface area contributed by atoms with E-state index in [1.165, 1.54) is 11.3 Å². The Morgan fingerprint density at radius 2 is 2.31 bits per heavy atom. The SMILES string of the molecule is C#Cc1nc(NC(=O)NC(CO)c2ccc(C3CNCCO3)cc2)cs1.